The third kappa shape index (κ3) is 4.62. The van der Waals surface area contributed by atoms with Gasteiger partial charge in [-0.25, -0.2) is 14.8 Å². The summed E-state index contributed by atoms with van der Waals surface area (Å²) < 4.78 is 12.8. The van der Waals surface area contributed by atoms with Gasteiger partial charge in [-0.2, -0.15) is 10.1 Å². The second-order valence-electron chi connectivity index (χ2n) is 4.76. The fraction of sp³-hybridized carbons (Fsp3) is 0.214. The molecule has 8 nitrogen and oxygen atoms in total. The van der Waals surface area contributed by atoms with E-state index in [4.69, 9.17) is 0 Å². The Bertz CT molecular complexity index is 788. The van der Waals surface area contributed by atoms with Gasteiger partial charge in [0.15, 0.2) is 10.9 Å². The zero-order valence-corrected chi connectivity index (χ0v) is 13.7. The van der Waals surface area contributed by atoms with Crippen LogP contribution in [0.15, 0.2) is 34.4 Å². The third-order valence-corrected chi connectivity index (χ3v) is 3.87. The summed E-state index contributed by atoms with van der Waals surface area (Å²) in [6, 6.07) is 5.69. The molecule has 0 saturated heterocycles. The Morgan fingerprint density at radius 3 is 2.75 bits per heavy atom. The molecule has 0 aliphatic carbocycles. The van der Waals surface area contributed by atoms with Crippen molar-refractivity contribution in [2.45, 2.75) is 18.9 Å². The number of nitrogens with zero attached hydrogens (tertiary/aromatic N) is 3. The van der Waals surface area contributed by atoms with Crippen molar-refractivity contribution in [3.8, 4) is 0 Å². The van der Waals surface area contributed by atoms with Crippen LogP contribution >= 0.6 is 11.8 Å². The van der Waals surface area contributed by atoms with E-state index in [1.54, 1.807) is 26.0 Å². The van der Waals surface area contributed by atoms with Crippen LogP contribution in [-0.4, -0.2) is 32.3 Å². The van der Waals surface area contributed by atoms with Gasteiger partial charge in [-0.3, -0.25) is 4.79 Å². The maximum atomic E-state index is 12.8. The number of amides is 1. The van der Waals surface area contributed by atoms with Crippen molar-refractivity contribution in [3.05, 3.63) is 51.6 Å². The number of carbonyl (C=O) groups excluding carboxylic acids is 1. The lowest BCUT2D eigenvalue weighted by Crippen LogP contribution is -2.21. The van der Waals surface area contributed by atoms with Gasteiger partial charge < -0.3 is 10.1 Å². The minimum Gasteiger partial charge on any atom is -0.358 e. The number of nitrogens with one attached hydrogen (secondary N) is 2. The Balaban J connectivity index is 1.93. The SMILES string of the molecule is C/C(=N/NC(=O)CSc1nc(C)[nH]c1[N+](=O)[O-])c1ccc(F)cc1. The van der Waals surface area contributed by atoms with E-state index < -0.39 is 10.8 Å². The first-order valence-corrected chi connectivity index (χ1v) is 7.78. The van der Waals surface area contributed by atoms with Crippen molar-refractivity contribution in [2.75, 3.05) is 5.75 Å². The van der Waals surface area contributed by atoms with Crippen LogP contribution in [0, 0.1) is 22.9 Å². The van der Waals surface area contributed by atoms with Crippen molar-refractivity contribution in [1.82, 2.24) is 15.4 Å². The first-order valence-electron chi connectivity index (χ1n) is 6.79. The lowest BCUT2D eigenvalue weighted by Gasteiger charge is -2.02. The Morgan fingerprint density at radius 2 is 2.12 bits per heavy atom. The summed E-state index contributed by atoms with van der Waals surface area (Å²) in [5.41, 5.74) is 3.53. The molecule has 0 fully saturated rings. The number of imidazole rings is 1. The molecule has 1 amide bonds. The number of carbonyl (C=O) groups is 1. The predicted octanol–water partition coefficient (Wildman–Crippen LogP) is 2.40. The van der Waals surface area contributed by atoms with Gasteiger partial charge in [-0.05, 0) is 29.5 Å². The highest BCUT2D eigenvalue weighted by Crippen LogP contribution is 2.26. The zero-order valence-electron chi connectivity index (χ0n) is 12.9. The quantitative estimate of drug-likeness (QED) is 0.359. The summed E-state index contributed by atoms with van der Waals surface area (Å²) in [6.45, 7) is 3.26. The molecule has 0 unspecified atom stereocenters. The summed E-state index contributed by atoms with van der Waals surface area (Å²) in [6.07, 6.45) is 0. The molecule has 0 bridgehead atoms. The fourth-order valence-corrected chi connectivity index (χ4v) is 2.55. The molecule has 1 heterocycles. The number of nitro groups is 1. The molecule has 24 heavy (non-hydrogen) atoms. The lowest BCUT2D eigenvalue weighted by atomic mass is 10.1. The van der Waals surface area contributed by atoms with Gasteiger partial charge in [0.1, 0.15) is 5.82 Å². The molecule has 10 heteroatoms. The number of hydrogen-bond acceptors (Lipinski definition) is 6. The summed E-state index contributed by atoms with van der Waals surface area (Å²) in [4.78, 5) is 28.5. The normalized spacial score (nSPS) is 11.4. The molecule has 2 N–H and O–H groups in total. The van der Waals surface area contributed by atoms with Gasteiger partial charge in [0.05, 0.1) is 11.5 Å². The molecule has 126 valence electrons. The van der Waals surface area contributed by atoms with Crippen LogP contribution in [0.5, 0.6) is 0 Å². The van der Waals surface area contributed by atoms with Crippen LogP contribution in [0.2, 0.25) is 0 Å². The van der Waals surface area contributed by atoms with E-state index >= 15 is 0 Å². The van der Waals surface area contributed by atoms with E-state index in [0.29, 0.717) is 17.1 Å². The van der Waals surface area contributed by atoms with E-state index in [1.807, 2.05) is 0 Å². The number of hydrazone groups is 1. The first-order chi connectivity index (χ1) is 11.4. The molecule has 2 aromatic rings. The number of hydrogen-bond donors (Lipinski definition) is 2. The Hall–Kier alpha value is -2.75. The highest BCUT2D eigenvalue weighted by Gasteiger charge is 2.19. The first kappa shape index (κ1) is 17.6. The number of rotatable bonds is 6. The largest absolute Gasteiger partial charge is 0.358 e. The van der Waals surface area contributed by atoms with Gasteiger partial charge in [0.25, 0.3) is 0 Å². The van der Waals surface area contributed by atoms with Crippen molar-refractivity contribution in [1.29, 1.82) is 0 Å². The molecule has 0 spiro atoms. The molecular weight excluding hydrogens is 337 g/mol. The second kappa shape index (κ2) is 7.68. The molecule has 0 atom stereocenters. The van der Waals surface area contributed by atoms with Gasteiger partial charge in [0, 0.05) is 6.92 Å². The molecule has 1 aromatic heterocycles. The van der Waals surface area contributed by atoms with Gasteiger partial charge in [-0.15, -0.1) is 0 Å². The van der Waals surface area contributed by atoms with E-state index in [-0.39, 0.29) is 22.4 Å². The summed E-state index contributed by atoms with van der Waals surface area (Å²) in [5.74, 6) is -0.712. The fourth-order valence-electron chi connectivity index (χ4n) is 1.75. The predicted molar refractivity (Wildman–Crippen MR) is 87.5 cm³/mol. The molecule has 0 aliphatic rings. The molecule has 0 aliphatic heterocycles. The maximum Gasteiger partial charge on any atom is 0.354 e. The molecular formula is C14H14FN5O3S. The average Bonchev–Trinajstić information content (AvgIpc) is 2.92. The molecule has 0 radical (unpaired) electrons. The minimum atomic E-state index is -0.586. The van der Waals surface area contributed by atoms with Gasteiger partial charge >= 0.3 is 5.82 Å². The number of aromatic amines is 1. The van der Waals surface area contributed by atoms with Crippen molar-refractivity contribution in [3.63, 3.8) is 0 Å². The van der Waals surface area contributed by atoms with E-state index in [9.17, 15) is 19.3 Å². The topological polar surface area (TPSA) is 113 Å². The summed E-state index contributed by atoms with van der Waals surface area (Å²) in [5, 5.41) is 14.9. The van der Waals surface area contributed by atoms with E-state index in [1.165, 1.54) is 12.1 Å². The molecule has 2 rings (SSSR count). The van der Waals surface area contributed by atoms with E-state index in [0.717, 1.165) is 11.8 Å². The van der Waals surface area contributed by atoms with Crippen molar-refractivity contribution in [2.24, 2.45) is 5.10 Å². The highest BCUT2D eigenvalue weighted by atomic mass is 32.2. The Labute approximate surface area is 140 Å². The maximum absolute atomic E-state index is 12.8. The lowest BCUT2D eigenvalue weighted by molar-refractivity contribution is -0.392. The number of aryl methyl sites for hydroxylation is 1. The van der Waals surface area contributed by atoms with Crippen LogP contribution < -0.4 is 5.43 Å². The standard InChI is InChI=1S/C14H14FN5O3S/c1-8(10-3-5-11(15)6-4-10)18-19-12(21)7-24-14-13(20(22)23)16-9(2)17-14/h3-6H,7H2,1-2H3,(H,16,17)(H,19,21)/b18-8-. The summed E-state index contributed by atoms with van der Waals surface area (Å²) >= 11 is 0.939. The van der Waals surface area contributed by atoms with E-state index in [2.05, 4.69) is 20.5 Å². The van der Waals surface area contributed by atoms with Crippen LogP contribution in [0.3, 0.4) is 0 Å². The van der Waals surface area contributed by atoms with Gasteiger partial charge in [0.2, 0.25) is 5.91 Å². The molecule has 1 aromatic carbocycles. The Morgan fingerprint density at radius 1 is 1.46 bits per heavy atom. The van der Waals surface area contributed by atoms with Crippen molar-refractivity contribution >= 4 is 29.2 Å². The van der Waals surface area contributed by atoms with Crippen LogP contribution in [0.25, 0.3) is 0 Å². The highest BCUT2D eigenvalue weighted by molar-refractivity contribution is 8.00. The average molecular weight is 351 g/mol. The van der Waals surface area contributed by atoms with Gasteiger partial charge in [-0.1, -0.05) is 23.9 Å². The van der Waals surface area contributed by atoms with Crippen molar-refractivity contribution < 1.29 is 14.1 Å². The molecule has 0 saturated carbocycles. The number of halogens is 1. The van der Waals surface area contributed by atoms with Crippen LogP contribution in [0.1, 0.15) is 18.3 Å². The smallest absolute Gasteiger partial charge is 0.354 e. The van der Waals surface area contributed by atoms with Crippen LogP contribution in [0.4, 0.5) is 10.2 Å². The third-order valence-electron chi connectivity index (χ3n) is 2.90. The number of aromatic nitrogens is 2. The Kier molecular flexibility index (Phi) is 5.64. The van der Waals surface area contributed by atoms with Crippen LogP contribution in [-0.2, 0) is 4.79 Å². The minimum absolute atomic E-state index is 0.0780. The number of thioether (sulfide) groups is 1. The number of benzene rings is 1. The summed E-state index contributed by atoms with van der Waals surface area (Å²) in [7, 11) is 0. The second-order valence-corrected chi connectivity index (χ2v) is 5.72. The zero-order chi connectivity index (χ0) is 17.7. The number of H-pyrrole nitrogens is 1. The monoisotopic (exact) mass is 351 g/mol.